The van der Waals surface area contributed by atoms with Crippen molar-refractivity contribution in [3.05, 3.63) is 65.2 Å². The summed E-state index contributed by atoms with van der Waals surface area (Å²) in [5.74, 6) is 3.36. The summed E-state index contributed by atoms with van der Waals surface area (Å²) >= 11 is 3.85. The van der Waals surface area contributed by atoms with Crippen LogP contribution in [0.1, 0.15) is 0 Å². The van der Waals surface area contributed by atoms with Crippen LogP contribution < -0.4 is 4.90 Å². The smallest absolute Gasteiger partial charge is 0.271 e. The molecule has 0 N–H and O–H groups in total. The van der Waals surface area contributed by atoms with Crippen LogP contribution in [0.25, 0.3) is 11.1 Å². The molecule has 0 bridgehead atoms. The predicted octanol–water partition coefficient (Wildman–Crippen LogP) is 4.08. The van der Waals surface area contributed by atoms with Crippen molar-refractivity contribution in [3.63, 3.8) is 0 Å². The van der Waals surface area contributed by atoms with Crippen LogP contribution in [0.2, 0.25) is 0 Å². The number of amides is 1. The average Bonchev–Trinajstić information content (AvgIpc) is 3.02. The molecule has 1 amide bonds. The Bertz CT molecular complexity index is 863. The molecule has 0 radical (unpaired) electrons. The minimum Gasteiger partial charge on any atom is -0.335 e. The number of nitrogens with zero attached hydrogens (tertiary/aromatic N) is 2. The predicted molar refractivity (Wildman–Crippen MR) is 112 cm³/mol. The van der Waals surface area contributed by atoms with E-state index >= 15 is 0 Å². The lowest BCUT2D eigenvalue weighted by Gasteiger charge is -2.30. The molecule has 3 aliphatic heterocycles. The normalized spacial score (nSPS) is 22.5. The van der Waals surface area contributed by atoms with Gasteiger partial charge in [-0.3, -0.25) is 4.79 Å². The molecule has 3 nitrogen and oxygen atoms in total. The lowest BCUT2D eigenvalue weighted by molar-refractivity contribution is -0.126. The van der Waals surface area contributed by atoms with Gasteiger partial charge in [0.05, 0.1) is 6.04 Å². The minimum absolute atomic E-state index is 0.227. The van der Waals surface area contributed by atoms with Crippen molar-refractivity contribution in [2.24, 2.45) is 0 Å². The van der Waals surface area contributed by atoms with E-state index in [1.165, 1.54) is 16.0 Å². The maximum Gasteiger partial charge on any atom is 0.271 e. The van der Waals surface area contributed by atoms with E-state index in [4.69, 9.17) is 0 Å². The second-order valence-corrected chi connectivity index (χ2v) is 9.00. The van der Waals surface area contributed by atoms with Gasteiger partial charge >= 0.3 is 0 Å². The highest BCUT2D eigenvalue weighted by Gasteiger charge is 2.44. The molecule has 1 atom stereocenters. The summed E-state index contributed by atoms with van der Waals surface area (Å²) in [5, 5.41) is 0. The van der Waals surface area contributed by atoms with Gasteiger partial charge in [-0.2, -0.15) is 11.8 Å². The number of fused-ring (bicyclic) bond motifs is 2. The number of carbonyl (C=O) groups excluding carboxylic acids is 1. The van der Waals surface area contributed by atoms with E-state index in [-0.39, 0.29) is 5.91 Å². The summed E-state index contributed by atoms with van der Waals surface area (Å²) in [7, 11) is 0. The van der Waals surface area contributed by atoms with Gasteiger partial charge in [0.25, 0.3) is 5.91 Å². The largest absolute Gasteiger partial charge is 0.335 e. The minimum atomic E-state index is 0.227. The van der Waals surface area contributed by atoms with Gasteiger partial charge in [0.1, 0.15) is 5.70 Å². The number of carbonyl (C=O) groups is 1. The fourth-order valence-electron chi connectivity index (χ4n) is 3.96. The zero-order valence-corrected chi connectivity index (χ0v) is 16.1. The van der Waals surface area contributed by atoms with Gasteiger partial charge in [-0.25, -0.2) is 0 Å². The zero-order chi connectivity index (χ0) is 17.5. The molecule has 3 heterocycles. The summed E-state index contributed by atoms with van der Waals surface area (Å²) < 4.78 is 0. The van der Waals surface area contributed by atoms with Crippen LogP contribution in [-0.2, 0) is 4.79 Å². The van der Waals surface area contributed by atoms with Crippen molar-refractivity contribution in [2.75, 3.05) is 35.2 Å². The van der Waals surface area contributed by atoms with Crippen molar-refractivity contribution in [1.29, 1.82) is 0 Å². The van der Waals surface area contributed by atoms with Gasteiger partial charge in [-0.05, 0) is 23.3 Å². The van der Waals surface area contributed by atoms with Crippen molar-refractivity contribution in [3.8, 4) is 11.1 Å². The molecular formula is C21H20N2OS2. The van der Waals surface area contributed by atoms with Crippen LogP contribution in [0.15, 0.2) is 65.2 Å². The fourth-order valence-corrected chi connectivity index (χ4v) is 6.36. The second kappa shape index (κ2) is 6.71. The molecule has 3 aliphatic rings. The van der Waals surface area contributed by atoms with E-state index in [1.54, 1.807) is 0 Å². The van der Waals surface area contributed by atoms with E-state index in [9.17, 15) is 4.79 Å². The maximum absolute atomic E-state index is 13.0. The molecular weight excluding hydrogens is 360 g/mol. The fraction of sp³-hybridized carbons (Fsp3) is 0.286. The number of rotatable bonds is 2. The third kappa shape index (κ3) is 2.65. The molecule has 26 heavy (non-hydrogen) atoms. The third-order valence-electron chi connectivity index (χ3n) is 5.26. The Balaban J connectivity index is 1.48. The highest BCUT2D eigenvalue weighted by atomic mass is 32.2. The third-order valence-corrected chi connectivity index (χ3v) is 7.44. The van der Waals surface area contributed by atoms with Crippen molar-refractivity contribution in [2.45, 2.75) is 6.04 Å². The Morgan fingerprint density at radius 1 is 0.885 bits per heavy atom. The van der Waals surface area contributed by atoms with E-state index < -0.39 is 0 Å². The summed E-state index contributed by atoms with van der Waals surface area (Å²) in [5.41, 5.74) is 4.49. The van der Waals surface area contributed by atoms with Gasteiger partial charge < -0.3 is 9.80 Å². The van der Waals surface area contributed by atoms with Crippen LogP contribution in [0.5, 0.6) is 0 Å². The molecule has 0 aromatic heterocycles. The average molecular weight is 381 g/mol. The Labute approximate surface area is 162 Å². The molecule has 0 saturated carbocycles. The number of benzene rings is 2. The van der Waals surface area contributed by atoms with Gasteiger partial charge in [0.15, 0.2) is 0 Å². The first-order valence-corrected chi connectivity index (χ1v) is 11.2. The molecule has 1 fully saturated rings. The standard InChI is InChI=1S/C21H20N2OS2/c24-21-19-20(18-14-25-12-10-23(18)21)26-13-11-22(19)17-8-6-16(7-9-17)15-4-2-1-3-5-15/h1-9,18H,10-14H2. The molecule has 2 aromatic carbocycles. The quantitative estimate of drug-likeness (QED) is 0.783. The lowest BCUT2D eigenvalue weighted by atomic mass is 10.1. The number of hydrogen-bond donors (Lipinski definition) is 0. The van der Waals surface area contributed by atoms with Crippen LogP contribution in [0.3, 0.4) is 0 Å². The summed E-state index contributed by atoms with van der Waals surface area (Å²) in [4.78, 5) is 18.7. The summed E-state index contributed by atoms with van der Waals surface area (Å²) in [6, 6.07) is 19.4. The molecule has 0 spiro atoms. The molecule has 5 rings (SSSR count). The number of anilines is 1. The molecule has 0 aliphatic carbocycles. The zero-order valence-electron chi connectivity index (χ0n) is 14.4. The Kier molecular flexibility index (Phi) is 4.21. The van der Waals surface area contributed by atoms with Gasteiger partial charge in [-0.1, -0.05) is 42.5 Å². The number of hydrogen-bond acceptors (Lipinski definition) is 4. The SMILES string of the molecule is O=C1C2=C(SCCN2c2ccc(-c3ccccc3)cc2)C2CSCCN12. The van der Waals surface area contributed by atoms with E-state index in [0.29, 0.717) is 6.04 Å². The molecule has 5 heteroatoms. The Hall–Kier alpha value is -1.85. The first kappa shape index (κ1) is 16.3. The topological polar surface area (TPSA) is 23.6 Å². The molecule has 132 valence electrons. The van der Waals surface area contributed by atoms with Crippen LogP contribution in [-0.4, -0.2) is 47.2 Å². The summed E-state index contributed by atoms with van der Waals surface area (Å²) in [6.07, 6.45) is 0. The van der Waals surface area contributed by atoms with E-state index in [0.717, 1.165) is 41.7 Å². The maximum atomic E-state index is 13.0. The van der Waals surface area contributed by atoms with Gasteiger partial charge in [-0.15, -0.1) is 11.8 Å². The Morgan fingerprint density at radius 3 is 2.46 bits per heavy atom. The highest BCUT2D eigenvalue weighted by Crippen LogP contribution is 2.43. The molecule has 1 saturated heterocycles. The van der Waals surface area contributed by atoms with Crippen molar-refractivity contribution in [1.82, 2.24) is 4.90 Å². The lowest BCUT2D eigenvalue weighted by Crippen LogP contribution is -2.42. The first-order chi connectivity index (χ1) is 12.8. The van der Waals surface area contributed by atoms with Gasteiger partial charge in [0, 0.05) is 40.9 Å². The van der Waals surface area contributed by atoms with Crippen molar-refractivity contribution < 1.29 is 4.79 Å². The van der Waals surface area contributed by atoms with E-state index in [1.807, 2.05) is 29.6 Å². The van der Waals surface area contributed by atoms with Crippen LogP contribution >= 0.6 is 23.5 Å². The number of thioether (sulfide) groups is 2. The van der Waals surface area contributed by atoms with Crippen molar-refractivity contribution >= 4 is 35.1 Å². The van der Waals surface area contributed by atoms with Gasteiger partial charge in [0.2, 0.25) is 0 Å². The van der Waals surface area contributed by atoms with Crippen LogP contribution in [0, 0.1) is 0 Å². The second-order valence-electron chi connectivity index (χ2n) is 6.72. The van der Waals surface area contributed by atoms with E-state index in [2.05, 4.69) is 58.3 Å². The first-order valence-electron chi connectivity index (χ1n) is 9.01. The molecule has 2 aromatic rings. The van der Waals surface area contributed by atoms with Crippen LogP contribution in [0.4, 0.5) is 5.69 Å². The monoisotopic (exact) mass is 380 g/mol. The Morgan fingerprint density at radius 2 is 1.65 bits per heavy atom. The summed E-state index contributed by atoms with van der Waals surface area (Å²) in [6.45, 7) is 1.77. The highest BCUT2D eigenvalue weighted by molar-refractivity contribution is 8.03. The molecule has 1 unspecified atom stereocenters.